The van der Waals surface area contributed by atoms with Crippen LogP contribution in [0.4, 0.5) is 10.5 Å². The maximum atomic E-state index is 13.1. The van der Waals surface area contributed by atoms with Gasteiger partial charge in [0.15, 0.2) is 37.2 Å². The van der Waals surface area contributed by atoms with Crippen LogP contribution in [0.15, 0.2) is 75.6 Å². The standard InChI is InChI=1S/C30H35N6O10P/c1-4-42-47(40,43-5-2)18-41-23-16-22(44-28(38)20-12-8-6-9-13-20)27(45-23)36-17-31-24-25(36)34-29(32-19(3)37)35-26(24)46-30(39)33-21-14-10-7-11-15-21/h6-15,17,22-25,27H,4-5,16,18H2,1-3H3,(H,33,39)(H,32,34,37). The van der Waals surface area contributed by atoms with Crippen LogP contribution in [0.25, 0.3) is 0 Å². The van der Waals surface area contributed by atoms with E-state index in [9.17, 15) is 18.9 Å². The third-order valence-corrected chi connectivity index (χ3v) is 8.61. The molecular weight excluding hydrogens is 635 g/mol. The number of fused-ring (bicyclic) bond motifs is 1. The number of amides is 2. The van der Waals surface area contributed by atoms with E-state index in [2.05, 4.69) is 25.6 Å². The highest BCUT2D eigenvalue weighted by molar-refractivity contribution is 7.53. The average molecular weight is 671 g/mol. The maximum Gasteiger partial charge on any atom is 0.418 e. The molecule has 5 rings (SSSR count). The molecule has 2 aromatic carbocycles. The number of carbonyl (C=O) groups excluding carboxylic acids is 3. The molecule has 1 fully saturated rings. The van der Waals surface area contributed by atoms with E-state index in [0.29, 0.717) is 11.3 Å². The Bertz CT molecular complexity index is 1560. The number of ether oxygens (including phenoxy) is 4. The van der Waals surface area contributed by atoms with E-state index in [4.69, 9.17) is 28.0 Å². The number of rotatable bonds is 11. The average Bonchev–Trinajstić information content (AvgIpc) is 3.64. The minimum Gasteiger partial charge on any atom is -0.454 e. The SMILES string of the molecule is CCOP(=O)(COC1CC(OC(=O)c2ccccc2)C(N2C=NC3C(OC(=O)Nc4ccccc4)=NC(NC(C)=O)=NC32)O1)OCC. The molecule has 17 heteroatoms. The van der Waals surface area contributed by atoms with Gasteiger partial charge in [0.2, 0.25) is 17.8 Å². The van der Waals surface area contributed by atoms with E-state index in [1.165, 1.54) is 13.3 Å². The van der Waals surface area contributed by atoms with Crippen LogP contribution in [0.3, 0.4) is 0 Å². The van der Waals surface area contributed by atoms with Crippen LogP contribution in [-0.4, -0.2) is 91.5 Å². The molecule has 250 valence electrons. The monoisotopic (exact) mass is 670 g/mol. The molecule has 3 aliphatic heterocycles. The molecule has 16 nitrogen and oxygen atoms in total. The topological polar surface area (TPSA) is 188 Å². The number of carbonyl (C=O) groups is 3. The van der Waals surface area contributed by atoms with Crippen LogP contribution in [0.2, 0.25) is 0 Å². The summed E-state index contributed by atoms with van der Waals surface area (Å²) in [6.07, 6.45) is -3.68. The number of guanidine groups is 1. The highest BCUT2D eigenvalue weighted by atomic mass is 31.2. The van der Waals surface area contributed by atoms with Gasteiger partial charge in [-0.05, 0) is 38.1 Å². The molecule has 0 aliphatic carbocycles. The molecule has 0 saturated carbocycles. The summed E-state index contributed by atoms with van der Waals surface area (Å²) in [6.45, 7) is 4.93. The number of benzene rings is 2. The second-order valence-corrected chi connectivity index (χ2v) is 12.3. The van der Waals surface area contributed by atoms with Gasteiger partial charge in [0.25, 0.3) is 0 Å². The normalized spacial score (nSPS) is 23.4. The highest BCUT2D eigenvalue weighted by Gasteiger charge is 2.50. The molecule has 3 heterocycles. The lowest BCUT2D eigenvalue weighted by molar-refractivity contribution is -0.157. The van der Waals surface area contributed by atoms with Gasteiger partial charge in [-0.25, -0.2) is 14.6 Å². The van der Waals surface area contributed by atoms with Crippen molar-refractivity contribution in [2.24, 2.45) is 15.0 Å². The zero-order valence-corrected chi connectivity index (χ0v) is 26.8. The van der Waals surface area contributed by atoms with Crippen molar-refractivity contribution in [2.45, 2.75) is 58.0 Å². The lowest BCUT2D eigenvalue weighted by Crippen LogP contribution is -2.52. The summed E-state index contributed by atoms with van der Waals surface area (Å²) >= 11 is 0. The van der Waals surface area contributed by atoms with Crippen molar-refractivity contribution in [3.8, 4) is 0 Å². The predicted molar refractivity (Wildman–Crippen MR) is 169 cm³/mol. The molecule has 1 saturated heterocycles. The second kappa shape index (κ2) is 15.4. The fourth-order valence-electron chi connectivity index (χ4n) is 4.93. The lowest BCUT2D eigenvalue weighted by Gasteiger charge is -2.33. The van der Waals surface area contributed by atoms with Gasteiger partial charge in [-0.3, -0.25) is 25.0 Å². The first kappa shape index (κ1) is 33.9. The van der Waals surface area contributed by atoms with Crippen LogP contribution >= 0.6 is 7.60 Å². The second-order valence-electron chi connectivity index (χ2n) is 10.3. The fraction of sp³-hybridized carbons (Fsp3) is 0.400. The quantitative estimate of drug-likeness (QED) is 0.262. The molecule has 3 aliphatic rings. The number of para-hydroxylation sites is 1. The molecule has 47 heavy (non-hydrogen) atoms. The summed E-state index contributed by atoms with van der Waals surface area (Å²) in [4.78, 5) is 52.6. The number of anilines is 1. The number of nitrogens with one attached hydrogen (secondary N) is 2. The van der Waals surface area contributed by atoms with Gasteiger partial charge in [0, 0.05) is 19.0 Å². The molecule has 2 amide bonds. The summed E-state index contributed by atoms with van der Waals surface area (Å²) < 4.78 is 47.1. The molecule has 5 unspecified atom stereocenters. The van der Waals surface area contributed by atoms with Crippen LogP contribution in [0, 0.1) is 0 Å². The summed E-state index contributed by atoms with van der Waals surface area (Å²) in [5, 5.41) is 5.12. The zero-order chi connectivity index (χ0) is 33.4. The minimum absolute atomic E-state index is 0.0441. The maximum absolute atomic E-state index is 13.1. The van der Waals surface area contributed by atoms with E-state index in [1.807, 2.05) is 0 Å². The van der Waals surface area contributed by atoms with Crippen LogP contribution in [0.1, 0.15) is 37.6 Å². The molecule has 2 aromatic rings. The highest BCUT2D eigenvalue weighted by Crippen LogP contribution is 2.48. The molecular formula is C30H35N6O10P. The van der Waals surface area contributed by atoms with Gasteiger partial charge < -0.3 is 32.9 Å². The van der Waals surface area contributed by atoms with Crippen molar-refractivity contribution in [3.63, 3.8) is 0 Å². The van der Waals surface area contributed by atoms with E-state index in [0.717, 1.165) is 0 Å². The number of nitrogens with zero attached hydrogens (tertiary/aromatic N) is 4. The van der Waals surface area contributed by atoms with Crippen molar-refractivity contribution in [1.29, 1.82) is 0 Å². The van der Waals surface area contributed by atoms with Crippen molar-refractivity contribution in [2.75, 3.05) is 24.9 Å². The van der Waals surface area contributed by atoms with Gasteiger partial charge in [0.1, 0.15) is 0 Å². The first-order chi connectivity index (χ1) is 22.7. The molecule has 5 atom stereocenters. The van der Waals surface area contributed by atoms with Gasteiger partial charge in [-0.1, -0.05) is 36.4 Å². The predicted octanol–water partition coefficient (Wildman–Crippen LogP) is 3.72. The Hall–Kier alpha value is -4.47. The van der Waals surface area contributed by atoms with Crippen molar-refractivity contribution in [3.05, 3.63) is 66.2 Å². The summed E-state index contributed by atoms with van der Waals surface area (Å²) in [7, 11) is -3.59. The van der Waals surface area contributed by atoms with Crippen LogP contribution in [0.5, 0.6) is 0 Å². The lowest BCUT2D eigenvalue weighted by atomic mass is 10.1. The Morgan fingerprint density at radius 2 is 1.68 bits per heavy atom. The van der Waals surface area contributed by atoms with E-state index in [1.54, 1.807) is 79.4 Å². The number of esters is 1. The third kappa shape index (κ3) is 8.67. The van der Waals surface area contributed by atoms with Crippen molar-refractivity contribution in [1.82, 2.24) is 10.2 Å². The van der Waals surface area contributed by atoms with Gasteiger partial charge in [-0.2, -0.15) is 4.99 Å². The van der Waals surface area contributed by atoms with Gasteiger partial charge >= 0.3 is 19.7 Å². The molecule has 2 N–H and O–H groups in total. The van der Waals surface area contributed by atoms with E-state index >= 15 is 0 Å². The Balaban J connectivity index is 1.37. The molecule has 0 aromatic heterocycles. The zero-order valence-electron chi connectivity index (χ0n) is 25.9. The Kier molecular flexibility index (Phi) is 11.1. The summed E-state index contributed by atoms with van der Waals surface area (Å²) in [5.74, 6) is -1.34. The number of hydrogen-bond donors (Lipinski definition) is 2. The van der Waals surface area contributed by atoms with Crippen molar-refractivity contribution >= 4 is 49.4 Å². The number of aliphatic imine (C=N–C) groups is 3. The Labute approximate surface area is 270 Å². The van der Waals surface area contributed by atoms with Crippen molar-refractivity contribution < 1.29 is 46.9 Å². The minimum atomic E-state index is -3.59. The molecule has 0 spiro atoms. The Morgan fingerprint density at radius 1 is 1.00 bits per heavy atom. The van der Waals surface area contributed by atoms with Gasteiger partial charge in [0.05, 0.1) is 25.1 Å². The fourth-order valence-corrected chi connectivity index (χ4v) is 6.29. The first-order valence-corrected chi connectivity index (χ1v) is 16.6. The smallest absolute Gasteiger partial charge is 0.418 e. The van der Waals surface area contributed by atoms with Crippen LogP contribution < -0.4 is 10.6 Å². The van der Waals surface area contributed by atoms with Gasteiger partial charge in [-0.15, -0.1) is 0 Å². The third-order valence-electron chi connectivity index (χ3n) is 6.84. The Morgan fingerprint density at radius 3 is 2.34 bits per heavy atom. The number of hydrogen-bond acceptors (Lipinski definition) is 14. The van der Waals surface area contributed by atoms with E-state index in [-0.39, 0.29) is 31.5 Å². The largest absolute Gasteiger partial charge is 0.454 e. The summed E-state index contributed by atoms with van der Waals surface area (Å²) in [6, 6.07) is 16.1. The van der Waals surface area contributed by atoms with E-state index < -0.39 is 62.7 Å². The first-order valence-electron chi connectivity index (χ1n) is 14.9. The molecule has 0 bridgehead atoms. The summed E-state index contributed by atoms with van der Waals surface area (Å²) in [5.41, 5.74) is 0.807. The van der Waals surface area contributed by atoms with Crippen LogP contribution in [-0.2, 0) is 37.4 Å². The molecule has 0 radical (unpaired) electrons.